The second-order valence-electron chi connectivity index (χ2n) is 8.41. The van der Waals surface area contributed by atoms with Gasteiger partial charge in [0.05, 0.1) is 19.3 Å². The van der Waals surface area contributed by atoms with Crippen molar-refractivity contribution >= 4 is 0 Å². The van der Waals surface area contributed by atoms with E-state index < -0.39 is 30.1 Å². The van der Waals surface area contributed by atoms with Crippen LogP contribution in [-0.4, -0.2) is 52.5 Å². The van der Waals surface area contributed by atoms with Crippen LogP contribution in [-0.2, 0) is 6.42 Å². The molecular formula is C24H32O5. The molecular weight excluding hydrogens is 368 g/mol. The molecule has 1 aliphatic rings. The van der Waals surface area contributed by atoms with Gasteiger partial charge in [0.25, 0.3) is 0 Å². The molecule has 0 unspecified atom stereocenters. The molecule has 0 aromatic heterocycles. The van der Waals surface area contributed by atoms with Gasteiger partial charge in [-0.2, -0.15) is 0 Å². The summed E-state index contributed by atoms with van der Waals surface area (Å²) in [5.41, 5.74) is 4.36. The van der Waals surface area contributed by atoms with E-state index in [1.54, 1.807) is 7.11 Å². The van der Waals surface area contributed by atoms with Crippen LogP contribution in [0.3, 0.4) is 0 Å². The second kappa shape index (κ2) is 9.26. The molecule has 3 rings (SSSR count). The Hall–Kier alpha value is -1.92. The van der Waals surface area contributed by atoms with Crippen molar-refractivity contribution in [2.45, 2.75) is 56.8 Å². The Morgan fingerprint density at radius 1 is 0.931 bits per heavy atom. The highest BCUT2D eigenvalue weighted by Crippen LogP contribution is 2.41. The number of aliphatic hydroxyl groups is 4. The summed E-state index contributed by atoms with van der Waals surface area (Å²) >= 11 is 0. The van der Waals surface area contributed by atoms with Gasteiger partial charge in [-0.1, -0.05) is 50.2 Å². The van der Waals surface area contributed by atoms with Gasteiger partial charge < -0.3 is 25.2 Å². The minimum atomic E-state index is -1.30. The first-order chi connectivity index (χ1) is 13.8. The van der Waals surface area contributed by atoms with E-state index in [0.29, 0.717) is 18.1 Å². The van der Waals surface area contributed by atoms with Gasteiger partial charge in [0.15, 0.2) is 0 Å². The number of hydrogen-bond acceptors (Lipinski definition) is 5. The van der Waals surface area contributed by atoms with Crippen LogP contribution in [0.25, 0.3) is 0 Å². The molecule has 2 aromatic carbocycles. The molecule has 4 N–H and O–H groups in total. The smallest absolute Gasteiger partial charge is 0.122 e. The number of benzene rings is 2. The molecule has 0 saturated heterocycles. The number of rotatable bonds is 6. The molecule has 5 nitrogen and oxygen atoms in total. The van der Waals surface area contributed by atoms with Crippen molar-refractivity contribution < 1.29 is 25.2 Å². The van der Waals surface area contributed by atoms with Crippen molar-refractivity contribution in [1.29, 1.82) is 0 Å². The van der Waals surface area contributed by atoms with Crippen LogP contribution in [0.1, 0.15) is 54.4 Å². The Kier molecular flexibility index (Phi) is 6.96. The normalized spacial score (nSPS) is 27.2. The van der Waals surface area contributed by atoms with Gasteiger partial charge in [-0.3, -0.25) is 0 Å². The minimum absolute atomic E-state index is 0.244. The van der Waals surface area contributed by atoms with Gasteiger partial charge in [-0.25, -0.2) is 0 Å². The molecule has 1 aliphatic carbocycles. The highest BCUT2D eigenvalue weighted by atomic mass is 16.5. The number of ether oxygens (including phenoxy) is 1. The van der Waals surface area contributed by atoms with Crippen LogP contribution in [0.15, 0.2) is 42.5 Å². The third-order valence-electron chi connectivity index (χ3n) is 6.13. The summed E-state index contributed by atoms with van der Waals surface area (Å²) in [5, 5.41) is 40.6. The summed E-state index contributed by atoms with van der Waals surface area (Å²) < 4.78 is 5.51. The highest BCUT2D eigenvalue weighted by Gasteiger charge is 2.43. The fourth-order valence-electron chi connectivity index (χ4n) is 4.26. The molecule has 1 fully saturated rings. The highest BCUT2D eigenvalue weighted by molar-refractivity contribution is 5.43. The minimum Gasteiger partial charge on any atom is -0.496 e. The lowest BCUT2D eigenvalue weighted by atomic mass is 9.72. The van der Waals surface area contributed by atoms with Crippen molar-refractivity contribution in [3.05, 3.63) is 64.7 Å². The van der Waals surface area contributed by atoms with Crippen molar-refractivity contribution in [3.63, 3.8) is 0 Å². The van der Waals surface area contributed by atoms with Crippen molar-refractivity contribution in [2.24, 2.45) is 5.92 Å². The molecule has 1 saturated carbocycles. The molecule has 5 heteroatoms. The Labute approximate surface area is 172 Å². The van der Waals surface area contributed by atoms with Crippen LogP contribution in [0.4, 0.5) is 0 Å². The fraction of sp³-hybridized carbons (Fsp3) is 0.500. The third kappa shape index (κ3) is 4.64. The Morgan fingerprint density at radius 3 is 2.17 bits per heavy atom. The fourth-order valence-corrected chi connectivity index (χ4v) is 4.26. The van der Waals surface area contributed by atoms with E-state index in [2.05, 4.69) is 38.1 Å². The van der Waals surface area contributed by atoms with Crippen molar-refractivity contribution in [3.8, 4) is 5.75 Å². The average molecular weight is 401 g/mol. The van der Waals surface area contributed by atoms with E-state index in [0.717, 1.165) is 17.5 Å². The van der Waals surface area contributed by atoms with E-state index in [9.17, 15) is 20.4 Å². The Bertz CT molecular complexity index is 799. The van der Waals surface area contributed by atoms with E-state index in [1.165, 1.54) is 11.1 Å². The van der Waals surface area contributed by atoms with Gasteiger partial charge in [-0.05, 0) is 41.5 Å². The molecule has 0 bridgehead atoms. The van der Waals surface area contributed by atoms with Crippen LogP contribution in [0.2, 0.25) is 0 Å². The summed E-state index contributed by atoms with van der Waals surface area (Å²) in [7, 11) is 1.58. The number of hydrogen-bond donors (Lipinski definition) is 4. The van der Waals surface area contributed by atoms with E-state index >= 15 is 0 Å². The quantitative estimate of drug-likeness (QED) is 0.598. The third-order valence-corrected chi connectivity index (χ3v) is 6.13. The van der Waals surface area contributed by atoms with Crippen LogP contribution in [0, 0.1) is 5.92 Å². The van der Waals surface area contributed by atoms with E-state index in [4.69, 9.17) is 4.74 Å². The van der Waals surface area contributed by atoms with Crippen LogP contribution in [0.5, 0.6) is 5.75 Å². The largest absolute Gasteiger partial charge is 0.496 e. The lowest BCUT2D eigenvalue weighted by Gasteiger charge is -2.40. The molecule has 5 atom stereocenters. The van der Waals surface area contributed by atoms with E-state index in [1.807, 2.05) is 18.2 Å². The average Bonchev–Trinajstić information content (AvgIpc) is 2.73. The first-order valence-corrected chi connectivity index (χ1v) is 10.3. The molecule has 0 radical (unpaired) electrons. The first kappa shape index (κ1) is 21.8. The molecule has 0 amide bonds. The number of aliphatic hydroxyl groups excluding tert-OH is 4. The standard InChI is InChI=1S/C24H32O5/c1-14(2)17-7-4-15(5-8-17)10-16-6-9-21(29-3)19(11-16)20-12-18(13-25)22(26)24(28)23(20)27/h4-9,11,14,18,20,22-28H,10,12-13H2,1-3H3/t18-,20+,22-,23+,24+/m1/s1. The zero-order valence-corrected chi connectivity index (χ0v) is 17.3. The summed E-state index contributed by atoms with van der Waals surface area (Å²) in [6.07, 6.45) is -2.45. The van der Waals surface area contributed by atoms with E-state index in [-0.39, 0.29) is 6.61 Å². The van der Waals surface area contributed by atoms with Crippen molar-refractivity contribution in [1.82, 2.24) is 0 Å². The predicted molar refractivity (Wildman–Crippen MR) is 112 cm³/mol. The maximum Gasteiger partial charge on any atom is 0.122 e. The van der Waals surface area contributed by atoms with Gasteiger partial charge in [0.2, 0.25) is 0 Å². The molecule has 0 spiro atoms. The first-order valence-electron chi connectivity index (χ1n) is 10.3. The van der Waals surface area contributed by atoms with Gasteiger partial charge in [0.1, 0.15) is 11.9 Å². The summed E-state index contributed by atoms with van der Waals surface area (Å²) in [6, 6.07) is 14.5. The summed E-state index contributed by atoms with van der Waals surface area (Å²) in [5.74, 6) is 0.206. The summed E-state index contributed by atoms with van der Waals surface area (Å²) in [6.45, 7) is 4.10. The molecule has 0 heterocycles. The zero-order valence-electron chi connectivity index (χ0n) is 17.3. The van der Waals surface area contributed by atoms with Crippen LogP contribution < -0.4 is 4.74 Å². The van der Waals surface area contributed by atoms with Gasteiger partial charge in [0, 0.05) is 24.0 Å². The molecule has 2 aromatic rings. The maximum atomic E-state index is 10.6. The maximum absolute atomic E-state index is 10.6. The summed E-state index contributed by atoms with van der Waals surface area (Å²) in [4.78, 5) is 0. The SMILES string of the molecule is COc1ccc(Cc2ccc(C(C)C)cc2)cc1[C@@H]1C[C@H](CO)[C@@H](O)[C@H](O)[C@H]1O. The predicted octanol–water partition coefficient (Wildman–Crippen LogP) is 2.59. The van der Waals surface area contributed by atoms with Crippen LogP contribution >= 0.6 is 0 Å². The molecule has 0 aliphatic heterocycles. The molecule has 29 heavy (non-hydrogen) atoms. The monoisotopic (exact) mass is 400 g/mol. The topological polar surface area (TPSA) is 90.2 Å². The lowest BCUT2D eigenvalue weighted by molar-refractivity contribution is -0.127. The van der Waals surface area contributed by atoms with Gasteiger partial charge in [-0.15, -0.1) is 0 Å². The Morgan fingerprint density at radius 2 is 1.59 bits per heavy atom. The lowest BCUT2D eigenvalue weighted by Crippen LogP contribution is -2.51. The number of methoxy groups -OCH3 is 1. The molecule has 158 valence electrons. The van der Waals surface area contributed by atoms with Crippen molar-refractivity contribution in [2.75, 3.05) is 13.7 Å². The second-order valence-corrected chi connectivity index (χ2v) is 8.41. The van der Waals surface area contributed by atoms with Gasteiger partial charge >= 0.3 is 0 Å². The Balaban J connectivity index is 1.88. The zero-order chi connectivity index (χ0) is 21.1.